The molecule has 7 nitrogen and oxygen atoms in total. The number of nitrogens with zero attached hydrogens (tertiary/aromatic N) is 1. The van der Waals surface area contributed by atoms with Gasteiger partial charge in [0.05, 0.1) is 13.0 Å². The maximum Gasteiger partial charge on any atom is 0.407 e. The van der Waals surface area contributed by atoms with Crippen molar-refractivity contribution in [3.63, 3.8) is 0 Å². The molecule has 1 saturated heterocycles. The molecule has 4 aromatic rings. The molecule has 0 aliphatic carbocycles. The van der Waals surface area contributed by atoms with Crippen molar-refractivity contribution >= 4 is 28.5 Å². The van der Waals surface area contributed by atoms with Crippen LogP contribution in [0.25, 0.3) is 10.8 Å². The van der Waals surface area contributed by atoms with Crippen molar-refractivity contribution in [3.05, 3.63) is 114 Å². The third-order valence-electron chi connectivity index (χ3n) is 8.09. The zero-order valence-corrected chi connectivity index (χ0v) is 26.8. The van der Waals surface area contributed by atoms with Gasteiger partial charge in [-0.15, -0.1) is 0 Å². The largest absolute Gasteiger partial charge is 0.460 e. The van der Waals surface area contributed by atoms with Crippen molar-refractivity contribution in [1.29, 1.82) is 0 Å². The Morgan fingerprint density at radius 3 is 2.36 bits per heavy atom. The first kappa shape index (κ1) is 32.0. The highest BCUT2D eigenvalue weighted by molar-refractivity contribution is 5.86. The van der Waals surface area contributed by atoms with Crippen LogP contribution in [0.4, 0.5) is 10.5 Å². The van der Waals surface area contributed by atoms with Crippen molar-refractivity contribution < 1.29 is 19.1 Å². The molecule has 0 aromatic heterocycles. The maximum absolute atomic E-state index is 13.0. The standard InChI is InChI=1S/C38H45N3O4/c1-27(34-16-10-14-30-13-8-9-15-35(30)34)40-31-21-22-41(26-31)32-19-17-29(18-20-32)24-36(42)44-33(23-28-11-6-5-7-12-28)25-39-37(43)45-38(2,3)4/h5-20,27,31,33,40H,21-26H2,1-4H3,(H,39,43)/t27-,31+,33?/m1/s1. The Labute approximate surface area is 266 Å². The molecule has 5 rings (SSSR count). The van der Waals surface area contributed by atoms with E-state index in [-0.39, 0.29) is 25.0 Å². The number of alkyl carbamates (subject to hydrolysis) is 1. The Morgan fingerprint density at radius 2 is 1.60 bits per heavy atom. The fourth-order valence-electron chi connectivity index (χ4n) is 5.96. The summed E-state index contributed by atoms with van der Waals surface area (Å²) in [7, 11) is 0. The highest BCUT2D eigenvalue weighted by Crippen LogP contribution is 2.27. The van der Waals surface area contributed by atoms with E-state index in [2.05, 4.69) is 77.1 Å². The smallest absolute Gasteiger partial charge is 0.407 e. The molecular formula is C38H45N3O4. The van der Waals surface area contributed by atoms with Crippen LogP contribution in [0, 0.1) is 0 Å². The van der Waals surface area contributed by atoms with Crippen LogP contribution in [0.1, 0.15) is 56.8 Å². The molecule has 4 aromatic carbocycles. The first-order valence-electron chi connectivity index (χ1n) is 15.9. The summed E-state index contributed by atoms with van der Waals surface area (Å²) < 4.78 is 11.2. The summed E-state index contributed by atoms with van der Waals surface area (Å²) in [6, 6.07) is 33.7. The van der Waals surface area contributed by atoms with E-state index in [4.69, 9.17) is 9.47 Å². The SMILES string of the molecule is C[C@@H](N[C@H]1CCN(c2ccc(CC(=O)OC(CNC(=O)OC(C)(C)C)Cc3ccccc3)cc2)C1)c1cccc2ccccc12. The summed E-state index contributed by atoms with van der Waals surface area (Å²) in [5, 5.41) is 9.17. The lowest BCUT2D eigenvalue weighted by molar-refractivity contribution is -0.148. The average Bonchev–Trinajstić information content (AvgIpc) is 3.48. The molecule has 1 aliphatic rings. The summed E-state index contributed by atoms with van der Waals surface area (Å²) in [5.41, 5.74) is 3.79. The van der Waals surface area contributed by atoms with Crippen LogP contribution in [-0.4, -0.2) is 49.4 Å². The van der Waals surface area contributed by atoms with Gasteiger partial charge in [-0.25, -0.2) is 4.79 Å². The Bertz CT molecular complexity index is 1560. The molecule has 3 atom stereocenters. The number of rotatable bonds is 11. The first-order valence-corrected chi connectivity index (χ1v) is 15.9. The normalized spacial score (nSPS) is 16.3. The van der Waals surface area contributed by atoms with Crippen LogP contribution in [0.5, 0.6) is 0 Å². The number of ether oxygens (including phenoxy) is 2. The molecule has 45 heavy (non-hydrogen) atoms. The molecule has 0 radical (unpaired) electrons. The predicted molar refractivity (Wildman–Crippen MR) is 181 cm³/mol. The number of anilines is 1. The van der Waals surface area contributed by atoms with Gasteiger partial charge in [0.15, 0.2) is 0 Å². The fourth-order valence-corrected chi connectivity index (χ4v) is 5.96. The van der Waals surface area contributed by atoms with Crippen molar-refractivity contribution in [1.82, 2.24) is 10.6 Å². The molecule has 1 amide bonds. The molecule has 0 bridgehead atoms. The fraction of sp³-hybridized carbons (Fsp3) is 0.368. The Kier molecular flexibility index (Phi) is 10.4. The number of amides is 1. The van der Waals surface area contributed by atoms with E-state index < -0.39 is 17.8 Å². The van der Waals surface area contributed by atoms with Crippen LogP contribution in [-0.2, 0) is 27.1 Å². The average molecular weight is 608 g/mol. The predicted octanol–water partition coefficient (Wildman–Crippen LogP) is 6.99. The number of carbonyl (C=O) groups is 2. The molecule has 236 valence electrons. The minimum Gasteiger partial charge on any atom is -0.460 e. The van der Waals surface area contributed by atoms with E-state index in [9.17, 15) is 9.59 Å². The first-order chi connectivity index (χ1) is 21.6. The highest BCUT2D eigenvalue weighted by atomic mass is 16.6. The zero-order chi connectivity index (χ0) is 31.8. The van der Waals surface area contributed by atoms with Gasteiger partial charge in [0.1, 0.15) is 11.7 Å². The number of hydrogen-bond acceptors (Lipinski definition) is 6. The summed E-state index contributed by atoms with van der Waals surface area (Å²) in [5.74, 6) is -0.331. The maximum atomic E-state index is 13.0. The minimum atomic E-state index is -0.607. The van der Waals surface area contributed by atoms with Gasteiger partial charge in [0.2, 0.25) is 0 Å². The van der Waals surface area contributed by atoms with Crippen LogP contribution in [0.15, 0.2) is 97.1 Å². The summed E-state index contributed by atoms with van der Waals surface area (Å²) in [4.78, 5) is 27.6. The minimum absolute atomic E-state index is 0.157. The van der Waals surface area contributed by atoms with Gasteiger partial charge < -0.3 is 25.0 Å². The van der Waals surface area contributed by atoms with Crippen LogP contribution in [0.2, 0.25) is 0 Å². The van der Waals surface area contributed by atoms with E-state index in [0.29, 0.717) is 12.5 Å². The molecule has 2 N–H and O–H groups in total. The number of nitrogens with one attached hydrogen (secondary N) is 2. The number of carbonyl (C=O) groups excluding carboxylic acids is 2. The molecule has 1 unspecified atom stereocenters. The Morgan fingerprint density at radius 1 is 0.889 bits per heavy atom. The molecule has 7 heteroatoms. The number of benzene rings is 4. The number of hydrogen-bond donors (Lipinski definition) is 2. The van der Waals surface area contributed by atoms with Crippen molar-refractivity contribution in [2.75, 3.05) is 24.5 Å². The lowest BCUT2D eigenvalue weighted by atomic mass is 9.99. The molecule has 0 saturated carbocycles. The van der Waals surface area contributed by atoms with Crippen LogP contribution in [0.3, 0.4) is 0 Å². The number of esters is 1. The topological polar surface area (TPSA) is 79.9 Å². The highest BCUT2D eigenvalue weighted by Gasteiger charge is 2.25. The Hall–Kier alpha value is -4.36. The Balaban J connectivity index is 1.13. The lowest BCUT2D eigenvalue weighted by Gasteiger charge is -2.23. The van der Waals surface area contributed by atoms with Crippen molar-refractivity contribution in [2.24, 2.45) is 0 Å². The van der Waals surface area contributed by atoms with Crippen molar-refractivity contribution in [2.45, 2.75) is 70.7 Å². The third kappa shape index (κ3) is 9.32. The molecule has 1 aliphatic heterocycles. The monoisotopic (exact) mass is 607 g/mol. The quantitative estimate of drug-likeness (QED) is 0.179. The molecule has 1 fully saturated rings. The summed E-state index contributed by atoms with van der Waals surface area (Å²) in [6.07, 6.45) is 0.671. The van der Waals surface area contributed by atoms with Gasteiger partial charge >= 0.3 is 12.1 Å². The van der Waals surface area contributed by atoms with E-state index in [1.54, 1.807) is 0 Å². The van der Waals surface area contributed by atoms with E-state index in [0.717, 1.165) is 36.3 Å². The molecule has 1 heterocycles. The number of fused-ring (bicyclic) bond motifs is 1. The van der Waals surface area contributed by atoms with Gasteiger partial charge in [-0.2, -0.15) is 0 Å². The van der Waals surface area contributed by atoms with E-state index in [1.165, 1.54) is 16.3 Å². The van der Waals surface area contributed by atoms with Gasteiger partial charge in [0.25, 0.3) is 0 Å². The summed E-state index contributed by atoms with van der Waals surface area (Å²) in [6.45, 7) is 9.76. The molecule has 0 spiro atoms. The van der Waals surface area contributed by atoms with E-state index in [1.807, 2.05) is 63.2 Å². The van der Waals surface area contributed by atoms with Gasteiger partial charge in [-0.1, -0.05) is 84.9 Å². The summed E-state index contributed by atoms with van der Waals surface area (Å²) >= 11 is 0. The van der Waals surface area contributed by atoms with Crippen LogP contribution < -0.4 is 15.5 Å². The van der Waals surface area contributed by atoms with Crippen LogP contribution >= 0.6 is 0 Å². The van der Waals surface area contributed by atoms with E-state index >= 15 is 0 Å². The van der Waals surface area contributed by atoms with Crippen molar-refractivity contribution in [3.8, 4) is 0 Å². The van der Waals surface area contributed by atoms with Gasteiger partial charge in [-0.3, -0.25) is 4.79 Å². The second-order valence-electron chi connectivity index (χ2n) is 12.9. The zero-order valence-electron chi connectivity index (χ0n) is 26.8. The lowest BCUT2D eigenvalue weighted by Crippen LogP contribution is -2.39. The second-order valence-corrected chi connectivity index (χ2v) is 12.9. The van der Waals surface area contributed by atoms with Gasteiger partial charge in [0, 0.05) is 37.3 Å². The third-order valence-corrected chi connectivity index (χ3v) is 8.09. The molecular weight excluding hydrogens is 562 g/mol. The second kappa shape index (κ2) is 14.6. The van der Waals surface area contributed by atoms with Gasteiger partial charge in [-0.05, 0) is 73.7 Å².